The minimum absolute atomic E-state index is 0.580. The fourth-order valence-electron chi connectivity index (χ4n) is 3.95. The highest BCUT2D eigenvalue weighted by Gasteiger charge is 2.39. The summed E-state index contributed by atoms with van der Waals surface area (Å²) < 4.78 is 0.866. The summed E-state index contributed by atoms with van der Waals surface area (Å²) in [5.41, 5.74) is 1.11. The summed E-state index contributed by atoms with van der Waals surface area (Å²) in [6.07, 6.45) is 6.24. The van der Waals surface area contributed by atoms with Crippen molar-refractivity contribution in [2.45, 2.75) is 57.2 Å². The molecule has 3 rings (SSSR count). The van der Waals surface area contributed by atoms with Crippen LogP contribution in [0.5, 0.6) is 0 Å². The van der Waals surface area contributed by atoms with E-state index >= 15 is 0 Å². The molecule has 2 heterocycles. The molecule has 2 bridgehead atoms. The van der Waals surface area contributed by atoms with Gasteiger partial charge < -0.3 is 10.2 Å². The van der Waals surface area contributed by atoms with Gasteiger partial charge in [-0.2, -0.15) is 0 Å². The van der Waals surface area contributed by atoms with Crippen LogP contribution in [-0.4, -0.2) is 24.7 Å². The first-order valence-corrected chi connectivity index (χ1v) is 9.32. The van der Waals surface area contributed by atoms with Gasteiger partial charge in [0.1, 0.15) is 0 Å². The molecule has 2 aliphatic rings. The van der Waals surface area contributed by atoms with Crippen molar-refractivity contribution in [3.05, 3.63) is 26.7 Å². The summed E-state index contributed by atoms with van der Waals surface area (Å²) in [4.78, 5) is 2.54. The van der Waals surface area contributed by atoms with Gasteiger partial charge in [0.2, 0.25) is 0 Å². The molecular weight excluding hydrogens is 371 g/mol. The zero-order valence-corrected chi connectivity index (χ0v) is 15.3. The Hall–Kier alpha value is 0.0400. The second kappa shape index (κ2) is 6.66. The van der Waals surface area contributed by atoms with Gasteiger partial charge in [0.15, 0.2) is 0 Å². The lowest BCUT2D eigenvalue weighted by molar-refractivity contribution is 0.247. The van der Waals surface area contributed by atoms with Crippen molar-refractivity contribution in [2.75, 3.05) is 11.4 Å². The standard InChI is InChI=1S/C16H21BrCl2N2/c1-2-20-10-8-11-4-3-5-12(9-10)21(11)14-7-6-13(17)15(18)16(14)19/h6-7,10-12,20H,2-5,8-9H2,1H3. The van der Waals surface area contributed by atoms with Crippen LogP contribution < -0.4 is 10.2 Å². The number of hydrogen-bond acceptors (Lipinski definition) is 2. The van der Waals surface area contributed by atoms with E-state index in [1.54, 1.807) is 0 Å². The van der Waals surface area contributed by atoms with Crippen LogP contribution >= 0.6 is 39.1 Å². The molecule has 0 amide bonds. The summed E-state index contributed by atoms with van der Waals surface area (Å²) in [5.74, 6) is 0. The average Bonchev–Trinajstić information content (AvgIpc) is 2.45. The second-order valence-corrected chi connectivity index (χ2v) is 7.68. The number of nitrogens with zero attached hydrogens (tertiary/aromatic N) is 1. The smallest absolute Gasteiger partial charge is 0.0837 e. The van der Waals surface area contributed by atoms with Gasteiger partial charge in [-0.1, -0.05) is 30.1 Å². The largest absolute Gasteiger partial charge is 0.364 e. The van der Waals surface area contributed by atoms with Crippen LogP contribution in [0.2, 0.25) is 10.0 Å². The van der Waals surface area contributed by atoms with E-state index in [0.717, 1.165) is 16.7 Å². The normalized spacial score (nSPS) is 28.8. The Labute approximate surface area is 145 Å². The molecule has 2 unspecified atom stereocenters. The Kier molecular flexibility index (Phi) is 5.04. The predicted octanol–water partition coefficient (Wildman–Crippen LogP) is 5.26. The molecule has 0 radical (unpaired) electrons. The van der Waals surface area contributed by atoms with Crippen molar-refractivity contribution in [3.8, 4) is 0 Å². The lowest BCUT2D eigenvalue weighted by atomic mass is 9.81. The van der Waals surface area contributed by atoms with Crippen LogP contribution in [0.15, 0.2) is 16.6 Å². The fourth-order valence-corrected chi connectivity index (χ4v) is 4.81. The molecule has 2 aliphatic heterocycles. The van der Waals surface area contributed by atoms with Crippen LogP contribution in [0.4, 0.5) is 5.69 Å². The van der Waals surface area contributed by atoms with Gasteiger partial charge in [0.25, 0.3) is 0 Å². The molecule has 116 valence electrons. The lowest BCUT2D eigenvalue weighted by Crippen LogP contribution is -2.56. The Bertz CT molecular complexity index is 509. The molecule has 2 saturated heterocycles. The second-order valence-electron chi connectivity index (χ2n) is 6.07. The topological polar surface area (TPSA) is 15.3 Å². The van der Waals surface area contributed by atoms with Crippen molar-refractivity contribution in [1.82, 2.24) is 5.32 Å². The summed E-state index contributed by atoms with van der Waals surface area (Å²) in [6.45, 7) is 3.24. The number of rotatable bonds is 3. The number of nitrogens with one attached hydrogen (secondary N) is 1. The molecule has 1 aromatic rings. The molecule has 0 saturated carbocycles. The number of halogens is 3. The van der Waals surface area contributed by atoms with Crippen molar-refractivity contribution in [3.63, 3.8) is 0 Å². The maximum absolute atomic E-state index is 6.52. The van der Waals surface area contributed by atoms with E-state index in [1.807, 2.05) is 6.07 Å². The maximum Gasteiger partial charge on any atom is 0.0837 e. The molecule has 0 spiro atoms. The Balaban J connectivity index is 1.90. The molecule has 1 N–H and O–H groups in total. The zero-order chi connectivity index (χ0) is 15.0. The molecular formula is C16H21BrCl2N2. The van der Waals surface area contributed by atoms with E-state index in [0.29, 0.717) is 28.2 Å². The summed E-state index contributed by atoms with van der Waals surface area (Å²) in [6, 6.07) is 5.92. The lowest BCUT2D eigenvalue weighted by Gasteiger charge is -2.50. The van der Waals surface area contributed by atoms with Gasteiger partial charge >= 0.3 is 0 Å². The highest BCUT2D eigenvalue weighted by atomic mass is 79.9. The SMILES string of the molecule is CCNC1CC2CCCC(C1)N2c1ccc(Br)c(Cl)c1Cl. The van der Waals surface area contributed by atoms with Gasteiger partial charge in [0.05, 0.1) is 15.7 Å². The predicted molar refractivity (Wildman–Crippen MR) is 94.8 cm³/mol. The molecule has 2 atom stereocenters. The molecule has 0 aliphatic carbocycles. The third kappa shape index (κ3) is 3.08. The van der Waals surface area contributed by atoms with Gasteiger partial charge in [-0.3, -0.25) is 0 Å². The quantitative estimate of drug-likeness (QED) is 0.707. The van der Waals surface area contributed by atoms with E-state index in [4.69, 9.17) is 23.2 Å². The van der Waals surface area contributed by atoms with Crippen LogP contribution in [0.1, 0.15) is 39.0 Å². The highest BCUT2D eigenvalue weighted by molar-refractivity contribution is 9.10. The van der Waals surface area contributed by atoms with Crippen molar-refractivity contribution in [2.24, 2.45) is 0 Å². The Morgan fingerprint density at radius 1 is 1.19 bits per heavy atom. The van der Waals surface area contributed by atoms with E-state index in [-0.39, 0.29) is 0 Å². The van der Waals surface area contributed by atoms with Crippen LogP contribution in [-0.2, 0) is 0 Å². The van der Waals surface area contributed by atoms with E-state index in [9.17, 15) is 0 Å². The van der Waals surface area contributed by atoms with Gasteiger partial charge in [0, 0.05) is 22.6 Å². The molecule has 2 nitrogen and oxygen atoms in total. The molecule has 1 aromatic carbocycles. The first-order valence-electron chi connectivity index (χ1n) is 7.77. The fraction of sp³-hybridized carbons (Fsp3) is 0.625. The Morgan fingerprint density at radius 3 is 2.48 bits per heavy atom. The van der Waals surface area contributed by atoms with Crippen LogP contribution in [0.25, 0.3) is 0 Å². The molecule has 5 heteroatoms. The molecule has 21 heavy (non-hydrogen) atoms. The van der Waals surface area contributed by atoms with Gasteiger partial charge in [-0.25, -0.2) is 0 Å². The summed E-state index contributed by atoms with van der Waals surface area (Å²) in [7, 11) is 0. The van der Waals surface area contributed by atoms with E-state index in [1.165, 1.54) is 32.1 Å². The summed E-state index contributed by atoms with van der Waals surface area (Å²) >= 11 is 16.3. The zero-order valence-electron chi connectivity index (χ0n) is 12.2. The number of anilines is 1. The number of benzene rings is 1. The number of hydrogen-bond donors (Lipinski definition) is 1. The highest BCUT2D eigenvalue weighted by Crippen LogP contribution is 2.44. The number of piperidine rings is 2. The van der Waals surface area contributed by atoms with E-state index in [2.05, 4.69) is 39.1 Å². The minimum Gasteiger partial charge on any atom is -0.364 e. The van der Waals surface area contributed by atoms with Crippen molar-refractivity contribution < 1.29 is 0 Å². The van der Waals surface area contributed by atoms with Crippen LogP contribution in [0.3, 0.4) is 0 Å². The van der Waals surface area contributed by atoms with Crippen LogP contribution in [0, 0.1) is 0 Å². The minimum atomic E-state index is 0.580. The molecule has 0 aromatic heterocycles. The summed E-state index contributed by atoms with van der Waals surface area (Å²) in [5, 5.41) is 4.94. The monoisotopic (exact) mass is 390 g/mol. The maximum atomic E-state index is 6.52. The van der Waals surface area contributed by atoms with Gasteiger partial charge in [-0.05, 0) is 66.7 Å². The van der Waals surface area contributed by atoms with Crippen molar-refractivity contribution >= 4 is 44.8 Å². The Morgan fingerprint density at radius 2 is 1.86 bits per heavy atom. The average molecular weight is 392 g/mol. The van der Waals surface area contributed by atoms with Crippen molar-refractivity contribution in [1.29, 1.82) is 0 Å². The first kappa shape index (κ1) is 15.9. The third-order valence-corrected chi connectivity index (χ3v) is 6.52. The number of fused-ring (bicyclic) bond motifs is 2. The first-order chi connectivity index (χ1) is 10.1. The van der Waals surface area contributed by atoms with Gasteiger partial charge in [-0.15, -0.1) is 0 Å². The molecule has 2 fully saturated rings. The third-order valence-electron chi connectivity index (χ3n) is 4.76. The van der Waals surface area contributed by atoms with E-state index < -0.39 is 0 Å².